The molecule has 0 aliphatic carbocycles. The van der Waals surface area contributed by atoms with Crippen LogP contribution in [0.25, 0.3) is 0 Å². The molecule has 170 valence electrons. The van der Waals surface area contributed by atoms with E-state index in [2.05, 4.69) is 26.6 Å². The summed E-state index contributed by atoms with van der Waals surface area (Å²) in [6.45, 7) is 7.78. The summed E-state index contributed by atoms with van der Waals surface area (Å²) in [6.07, 6.45) is -0.943. The van der Waals surface area contributed by atoms with Gasteiger partial charge < -0.3 is 34.3 Å². The molecule has 0 amide bonds. The van der Waals surface area contributed by atoms with E-state index in [0.29, 0.717) is 12.5 Å². The number of piperidine rings is 1. The fourth-order valence-electron chi connectivity index (χ4n) is 3.25. The largest absolute Gasteiger partial charge is 0.490 e. The average molecular weight is 481 g/mol. The van der Waals surface area contributed by atoms with E-state index in [4.69, 9.17) is 19.4 Å². The summed E-state index contributed by atoms with van der Waals surface area (Å²) in [5.41, 5.74) is 0.848. The monoisotopic (exact) mass is 481 g/mol. The first-order valence-corrected chi connectivity index (χ1v) is 13.2. The molecule has 16 heteroatoms. The minimum atomic E-state index is -5.60. The molecule has 7 atom stereocenters. The van der Waals surface area contributed by atoms with Crippen molar-refractivity contribution >= 4 is 23.5 Å². The molecule has 13 nitrogen and oxygen atoms in total. The van der Waals surface area contributed by atoms with Gasteiger partial charge in [0.25, 0.3) is 0 Å². The SMILES string of the molecule is C=C1CCC(C)CN1C1OC(COP(=O)(O)OP(=O)(O)OP(=O)(O)O)C(O)C1C. The molecule has 5 N–H and O–H groups in total. The second-order valence-electron chi connectivity index (χ2n) is 7.16. The molecule has 2 saturated heterocycles. The number of likely N-dealkylation sites (tertiary alicyclic amines) is 1. The van der Waals surface area contributed by atoms with Crippen LogP contribution in [0.2, 0.25) is 0 Å². The fourth-order valence-corrected chi connectivity index (χ4v) is 6.28. The zero-order chi connectivity index (χ0) is 22.2. The molecule has 2 aliphatic heterocycles. The highest BCUT2D eigenvalue weighted by molar-refractivity contribution is 7.66. The van der Waals surface area contributed by atoms with Crippen molar-refractivity contribution in [1.29, 1.82) is 0 Å². The quantitative estimate of drug-likeness (QED) is 0.312. The number of hydrogen-bond acceptors (Lipinski definition) is 9. The first-order valence-electron chi connectivity index (χ1n) is 8.66. The van der Waals surface area contributed by atoms with Crippen LogP contribution in [-0.4, -0.2) is 61.2 Å². The second-order valence-corrected chi connectivity index (χ2v) is 11.6. The molecule has 0 radical (unpaired) electrons. The van der Waals surface area contributed by atoms with Crippen LogP contribution in [0.1, 0.15) is 26.7 Å². The molecule has 0 aromatic carbocycles. The molecule has 0 bridgehead atoms. The van der Waals surface area contributed by atoms with Gasteiger partial charge in [0, 0.05) is 18.2 Å². The van der Waals surface area contributed by atoms with Crippen molar-refractivity contribution in [2.75, 3.05) is 13.2 Å². The standard InChI is InChI=1S/C13H26NO12P3/c1-8-4-5-9(2)14(6-8)13-10(3)12(15)11(24-13)7-23-28(19,20)26-29(21,22)25-27(16,17)18/h8,10-13,15H,2,4-7H2,1,3H3,(H,19,20)(H,21,22)(H2,16,17,18). The Morgan fingerprint density at radius 1 is 1.14 bits per heavy atom. The number of phosphoric acid groups is 3. The Balaban J connectivity index is 1.98. The van der Waals surface area contributed by atoms with Crippen molar-refractivity contribution in [3.8, 4) is 0 Å². The fraction of sp³-hybridized carbons (Fsp3) is 0.846. The molecule has 0 saturated carbocycles. The summed E-state index contributed by atoms with van der Waals surface area (Å²) >= 11 is 0. The Bertz CT molecular complexity index is 755. The maximum Gasteiger partial charge on any atom is 0.490 e. The van der Waals surface area contributed by atoms with E-state index in [0.717, 1.165) is 18.5 Å². The molecular formula is C13H26NO12P3. The molecular weight excluding hydrogens is 455 g/mol. The van der Waals surface area contributed by atoms with Gasteiger partial charge in [-0.25, -0.2) is 13.7 Å². The minimum Gasteiger partial charge on any atom is -0.390 e. The molecule has 2 aliphatic rings. The molecule has 7 unspecified atom stereocenters. The lowest BCUT2D eigenvalue weighted by molar-refractivity contribution is -0.0794. The number of nitrogens with zero attached hydrogens (tertiary/aromatic N) is 1. The van der Waals surface area contributed by atoms with Gasteiger partial charge in [-0.05, 0) is 18.8 Å². The van der Waals surface area contributed by atoms with Gasteiger partial charge in [0.15, 0.2) is 0 Å². The van der Waals surface area contributed by atoms with E-state index in [-0.39, 0.29) is 0 Å². The Morgan fingerprint density at radius 3 is 2.34 bits per heavy atom. The normalized spacial score (nSPS) is 35.3. The summed E-state index contributed by atoms with van der Waals surface area (Å²) in [5, 5.41) is 10.4. The van der Waals surface area contributed by atoms with Crippen molar-refractivity contribution in [2.24, 2.45) is 11.8 Å². The summed E-state index contributed by atoms with van der Waals surface area (Å²) in [4.78, 5) is 37.6. The molecule has 2 fully saturated rings. The van der Waals surface area contributed by atoms with E-state index >= 15 is 0 Å². The summed E-state index contributed by atoms with van der Waals surface area (Å²) in [6, 6.07) is 0. The number of ether oxygens (including phenoxy) is 1. The van der Waals surface area contributed by atoms with Crippen molar-refractivity contribution in [1.82, 2.24) is 4.90 Å². The molecule has 0 aromatic heterocycles. The maximum absolute atomic E-state index is 11.8. The van der Waals surface area contributed by atoms with E-state index in [1.54, 1.807) is 6.92 Å². The first-order chi connectivity index (χ1) is 13.1. The zero-order valence-corrected chi connectivity index (χ0v) is 18.5. The van der Waals surface area contributed by atoms with Gasteiger partial charge in [0.2, 0.25) is 0 Å². The predicted octanol–water partition coefficient (Wildman–Crippen LogP) is 1.30. The number of allylic oxidation sites excluding steroid dienone is 1. The third kappa shape index (κ3) is 7.21. The minimum absolute atomic E-state index is 0.391. The molecule has 2 heterocycles. The van der Waals surface area contributed by atoms with Crippen molar-refractivity contribution in [3.63, 3.8) is 0 Å². The first kappa shape index (κ1) is 25.1. The lowest BCUT2D eigenvalue weighted by Gasteiger charge is -2.40. The van der Waals surface area contributed by atoms with Crippen LogP contribution in [0.4, 0.5) is 0 Å². The third-order valence-corrected chi connectivity index (χ3v) is 8.45. The molecule has 0 aromatic rings. The van der Waals surface area contributed by atoms with Crippen LogP contribution in [0, 0.1) is 11.8 Å². The van der Waals surface area contributed by atoms with Crippen molar-refractivity contribution < 1.29 is 56.3 Å². The van der Waals surface area contributed by atoms with Gasteiger partial charge in [0.05, 0.1) is 12.7 Å². The predicted molar refractivity (Wildman–Crippen MR) is 97.9 cm³/mol. The van der Waals surface area contributed by atoms with Crippen LogP contribution in [-0.2, 0) is 31.6 Å². The second kappa shape index (κ2) is 9.16. The van der Waals surface area contributed by atoms with Crippen LogP contribution in [0.5, 0.6) is 0 Å². The maximum atomic E-state index is 11.8. The Morgan fingerprint density at radius 2 is 1.76 bits per heavy atom. The van der Waals surface area contributed by atoms with Crippen LogP contribution >= 0.6 is 23.5 Å². The smallest absolute Gasteiger partial charge is 0.390 e. The third-order valence-electron chi connectivity index (χ3n) is 4.65. The van der Waals surface area contributed by atoms with Gasteiger partial charge in [-0.1, -0.05) is 20.4 Å². The van der Waals surface area contributed by atoms with E-state index in [1.165, 1.54) is 0 Å². The van der Waals surface area contributed by atoms with Crippen LogP contribution in [0.3, 0.4) is 0 Å². The Labute approximate surface area is 167 Å². The molecule has 0 spiro atoms. The molecule has 2 rings (SSSR count). The zero-order valence-electron chi connectivity index (χ0n) is 15.8. The lowest BCUT2D eigenvalue weighted by atomic mass is 9.95. The average Bonchev–Trinajstić information content (AvgIpc) is 2.80. The number of hydrogen-bond donors (Lipinski definition) is 5. The van der Waals surface area contributed by atoms with E-state index < -0.39 is 54.4 Å². The highest BCUT2D eigenvalue weighted by atomic mass is 31.3. The highest BCUT2D eigenvalue weighted by Gasteiger charge is 2.47. The van der Waals surface area contributed by atoms with Gasteiger partial charge in [0.1, 0.15) is 12.3 Å². The number of aliphatic hydroxyl groups excluding tert-OH is 1. The summed E-state index contributed by atoms with van der Waals surface area (Å²) in [7, 11) is -16.3. The number of aliphatic hydroxyl groups is 1. The highest BCUT2D eigenvalue weighted by Crippen LogP contribution is 2.66. The van der Waals surface area contributed by atoms with Crippen molar-refractivity contribution in [3.05, 3.63) is 12.3 Å². The van der Waals surface area contributed by atoms with E-state index in [1.807, 2.05) is 4.90 Å². The summed E-state index contributed by atoms with van der Waals surface area (Å²) in [5.74, 6) is -0.00546. The van der Waals surface area contributed by atoms with Gasteiger partial charge in [-0.2, -0.15) is 8.62 Å². The van der Waals surface area contributed by atoms with Gasteiger partial charge >= 0.3 is 23.5 Å². The Hall–Kier alpha value is -0.130. The van der Waals surface area contributed by atoms with E-state index in [9.17, 15) is 23.7 Å². The molecule has 29 heavy (non-hydrogen) atoms. The Kier molecular flexibility index (Phi) is 7.94. The number of rotatable bonds is 8. The number of phosphoric ester groups is 1. The van der Waals surface area contributed by atoms with Crippen molar-refractivity contribution in [2.45, 2.75) is 45.1 Å². The topological polar surface area (TPSA) is 193 Å². The van der Waals surface area contributed by atoms with Crippen LogP contribution in [0.15, 0.2) is 12.3 Å². The van der Waals surface area contributed by atoms with Gasteiger partial charge in [-0.15, -0.1) is 0 Å². The van der Waals surface area contributed by atoms with Crippen LogP contribution < -0.4 is 0 Å². The summed E-state index contributed by atoms with van der Waals surface area (Å²) < 4.78 is 51.4. The van der Waals surface area contributed by atoms with Gasteiger partial charge in [-0.3, -0.25) is 4.52 Å². The lowest BCUT2D eigenvalue weighted by Crippen LogP contribution is -2.43.